The van der Waals surface area contributed by atoms with E-state index < -0.39 is 0 Å². The molecule has 29 heavy (non-hydrogen) atoms. The summed E-state index contributed by atoms with van der Waals surface area (Å²) in [6.07, 6.45) is 9.05. The first-order chi connectivity index (χ1) is 14.1. The van der Waals surface area contributed by atoms with Gasteiger partial charge in [-0.25, -0.2) is 0 Å². The van der Waals surface area contributed by atoms with Gasteiger partial charge in [0.1, 0.15) is 5.82 Å². The summed E-state index contributed by atoms with van der Waals surface area (Å²) in [7, 11) is 0. The van der Waals surface area contributed by atoms with Crippen molar-refractivity contribution in [3.63, 3.8) is 0 Å². The Kier molecular flexibility index (Phi) is 8.20. The van der Waals surface area contributed by atoms with Crippen LogP contribution in [0.15, 0.2) is 10.1 Å². The lowest BCUT2D eigenvalue weighted by Gasteiger charge is -2.36. The standard InChI is InChI=1S/C20H35N7OS/c1-4-21-19(26-14-12-25(13-15-26)16(2)28)22-11-7-10-18-23-24-20(29-3)27(18)17-8-5-6-9-17/h17H,4-15H2,1-3H3,(H,21,22). The Hall–Kier alpha value is -1.77. The number of carbonyl (C=O) groups excluding carboxylic acids is 1. The molecule has 2 fully saturated rings. The van der Waals surface area contributed by atoms with Gasteiger partial charge in [0.05, 0.1) is 0 Å². The van der Waals surface area contributed by atoms with Crippen molar-refractivity contribution in [2.45, 2.75) is 63.6 Å². The summed E-state index contributed by atoms with van der Waals surface area (Å²) in [5, 5.41) is 13.3. The molecule has 1 aromatic heterocycles. The number of hydrogen-bond acceptors (Lipinski definition) is 5. The second-order valence-electron chi connectivity index (χ2n) is 7.74. The highest BCUT2D eigenvalue weighted by Crippen LogP contribution is 2.33. The van der Waals surface area contributed by atoms with Gasteiger partial charge < -0.3 is 19.7 Å². The number of amides is 1. The highest BCUT2D eigenvalue weighted by atomic mass is 32.2. The van der Waals surface area contributed by atoms with E-state index in [2.05, 4.69) is 38.2 Å². The van der Waals surface area contributed by atoms with Crippen molar-refractivity contribution in [3.8, 4) is 0 Å². The maximum Gasteiger partial charge on any atom is 0.219 e. The molecule has 2 heterocycles. The van der Waals surface area contributed by atoms with Crippen LogP contribution < -0.4 is 5.32 Å². The predicted molar refractivity (Wildman–Crippen MR) is 117 cm³/mol. The van der Waals surface area contributed by atoms with Crippen molar-refractivity contribution in [2.75, 3.05) is 45.5 Å². The molecule has 8 nitrogen and oxygen atoms in total. The largest absolute Gasteiger partial charge is 0.357 e. The van der Waals surface area contributed by atoms with Gasteiger partial charge in [0.2, 0.25) is 5.91 Å². The topological polar surface area (TPSA) is 78.7 Å². The van der Waals surface area contributed by atoms with Crippen molar-refractivity contribution in [2.24, 2.45) is 4.99 Å². The van der Waals surface area contributed by atoms with Crippen LogP contribution in [0, 0.1) is 0 Å². The van der Waals surface area contributed by atoms with Crippen molar-refractivity contribution < 1.29 is 4.79 Å². The molecule has 0 atom stereocenters. The molecule has 0 radical (unpaired) electrons. The van der Waals surface area contributed by atoms with Crippen LogP contribution in [0.1, 0.15) is 57.8 Å². The molecule has 1 saturated heterocycles. The molecule has 0 bridgehead atoms. The van der Waals surface area contributed by atoms with Crippen LogP contribution >= 0.6 is 11.8 Å². The monoisotopic (exact) mass is 421 g/mol. The zero-order chi connectivity index (χ0) is 20.6. The van der Waals surface area contributed by atoms with E-state index >= 15 is 0 Å². The number of aromatic nitrogens is 3. The molecule has 0 spiro atoms. The second kappa shape index (κ2) is 10.8. The summed E-state index contributed by atoms with van der Waals surface area (Å²) < 4.78 is 2.38. The minimum Gasteiger partial charge on any atom is -0.357 e. The molecule has 1 N–H and O–H groups in total. The van der Waals surface area contributed by atoms with Crippen molar-refractivity contribution in [1.29, 1.82) is 0 Å². The quantitative estimate of drug-likeness (QED) is 0.315. The minimum atomic E-state index is 0.155. The van der Waals surface area contributed by atoms with Crippen LogP contribution in [0.2, 0.25) is 0 Å². The number of aryl methyl sites for hydroxylation is 1. The molecule has 1 amide bonds. The Labute approximate surface area is 178 Å². The van der Waals surface area contributed by atoms with Gasteiger partial charge in [0.25, 0.3) is 0 Å². The van der Waals surface area contributed by atoms with Gasteiger partial charge in [-0.2, -0.15) is 0 Å². The number of nitrogens with one attached hydrogen (secondary N) is 1. The van der Waals surface area contributed by atoms with E-state index in [1.807, 2.05) is 4.90 Å². The molecule has 1 aliphatic heterocycles. The second-order valence-corrected chi connectivity index (χ2v) is 8.52. The van der Waals surface area contributed by atoms with Crippen molar-refractivity contribution in [1.82, 2.24) is 29.9 Å². The Morgan fingerprint density at radius 3 is 2.48 bits per heavy atom. The zero-order valence-corrected chi connectivity index (χ0v) is 18.9. The summed E-state index contributed by atoms with van der Waals surface area (Å²) in [5.41, 5.74) is 0. The van der Waals surface area contributed by atoms with Gasteiger partial charge in [-0.15, -0.1) is 10.2 Å². The lowest BCUT2D eigenvalue weighted by atomic mass is 10.2. The van der Waals surface area contributed by atoms with E-state index in [0.717, 1.165) is 69.1 Å². The molecule has 9 heteroatoms. The molecular weight excluding hydrogens is 386 g/mol. The summed E-state index contributed by atoms with van der Waals surface area (Å²) >= 11 is 1.69. The van der Waals surface area contributed by atoms with Crippen LogP contribution in [0.3, 0.4) is 0 Å². The van der Waals surface area contributed by atoms with Gasteiger partial charge in [-0.1, -0.05) is 24.6 Å². The third kappa shape index (κ3) is 5.65. The summed E-state index contributed by atoms with van der Waals surface area (Å²) in [6, 6.07) is 0.570. The van der Waals surface area contributed by atoms with Crippen LogP contribution in [-0.2, 0) is 11.2 Å². The summed E-state index contributed by atoms with van der Waals surface area (Å²) in [5.74, 6) is 2.22. The van der Waals surface area contributed by atoms with E-state index in [1.54, 1.807) is 18.7 Å². The number of rotatable bonds is 7. The Balaban J connectivity index is 1.55. The molecule has 162 valence electrons. The first-order valence-corrected chi connectivity index (χ1v) is 12.1. The molecule has 1 aliphatic carbocycles. The van der Waals surface area contributed by atoms with Gasteiger partial charge in [0.15, 0.2) is 11.1 Å². The fourth-order valence-corrected chi connectivity index (χ4v) is 4.80. The molecule has 1 saturated carbocycles. The summed E-state index contributed by atoms with van der Waals surface area (Å²) in [6.45, 7) is 8.54. The van der Waals surface area contributed by atoms with Gasteiger partial charge in [-0.05, 0) is 32.4 Å². The number of carbonyl (C=O) groups is 1. The van der Waals surface area contributed by atoms with E-state index in [9.17, 15) is 4.79 Å². The molecule has 3 rings (SSSR count). The highest BCUT2D eigenvalue weighted by molar-refractivity contribution is 7.98. The Morgan fingerprint density at radius 1 is 1.17 bits per heavy atom. The molecule has 2 aliphatic rings. The van der Waals surface area contributed by atoms with Gasteiger partial charge >= 0.3 is 0 Å². The number of hydrogen-bond donors (Lipinski definition) is 1. The third-order valence-electron chi connectivity index (χ3n) is 5.79. The fourth-order valence-electron chi connectivity index (χ4n) is 4.23. The van der Waals surface area contributed by atoms with Crippen molar-refractivity contribution in [3.05, 3.63) is 5.82 Å². The zero-order valence-electron chi connectivity index (χ0n) is 18.1. The third-order valence-corrected chi connectivity index (χ3v) is 6.43. The molecule has 1 aromatic rings. The maximum absolute atomic E-state index is 11.5. The van der Waals surface area contributed by atoms with Crippen LogP contribution in [0.4, 0.5) is 0 Å². The predicted octanol–water partition coefficient (Wildman–Crippen LogP) is 2.18. The first-order valence-electron chi connectivity index (χ1n) is 10.9. The normalized spacial score (nSPS) is 18.5. The molecule has 0 aromatic carbocycles. The number of nitrogens with zero attached hydrogens (tertiary/aromatic N) is 6. The lowest BCUT2D eigenvalue weighted by Crippen LogP contribution is -2.53. The number of guanidine groups is 1. The smallest absolute Gasteiger partial charge is 0.219 e. The molecule has 0 unspecified atom stereocenters. The van der Waals surface area contributed by atoms with Crippen LogP contribution in [0.5, 0.6) is 0 Å². The van der Waals surface area contributed by atoms with Crippen molar-refractivity contribution >= 4 is 23.6 Å². The minimum absolute atomic E-state index is 0.155. The van der Waals surface area contributed by atoms with Gasteiger partial charge in [0, 0.05) is 58.7 Å². The average molecular weight is 422 g/mol. The van der Waals surface area contributed by atoms with E-state index in [-0.39, 0.29) is 5.91 Å². The lowest BCUT2D eigenvalue weighted by molar-refractivity contribution is -0.130. The maximum atomic E-state index is 11.5. The Bertz CT molecular complexity index is 691. The van der Waals surface area contributed by atoms with E-state index in [0.29, 0.717) is 6.04 Å². The highest BCUT2D eigenvalue weighted by Gasteiger charge is 2.23. The first kappa shape index (κ1) is 21.9. The number of thioether (sulfide) groups is 1. The van der Waals surface area contributed by atoms with E-state index in [4.69, 9.17) is 4.99 Å². The fraction of sp³-hybridized carbons (Fsp3) is 0.800. The van der Waals surface area contributed by atoms with Gasteiger partial charge in [-0.3, -0.25) is 9.79 Å². The van der Waals surface area contributed by atoms with Crippen LogP contribution in [-0.4, -0.2) is 82.0 Å². The van der Waals surface area contributed by atoms with Crippen LogP contribution in [0.25, 0.3) is 0 Å². The number of aliphatic imine (C=N–C) groups is 1. The average Bonchev–Trinajstić information content (AvgIpc) is 3.39. The SMILES string of the molecule is CCNC(=NCCCc1nnc(SC)n1C1CCCC1)N1CCN(C(C)=O)CC1. The Morgan fingerprint density at radius 2 is 1.86 bits per heavy atom. The summed E-state index contributed by atoms with van der Waals surface area (Å²) in [4.78, 5) is 20.5. The van der Waals surface area contributed by atoms with E-state index in [1.165, 1.54) is 25.7 Å². The molecular formula is C20H35N7OS. The number of piperazine rings is 1.